The minimum atomic E-state index is -3.65. The Kier molecular flexibility index (Phi) is 4.56. The van der Waals surface area contributed by atoms with E-state index in [-0.39, 0.29) is 17.0 Å². The molecule has 1 aliphatic rings. The van der Waals surface area contributed by atoms with Crippen LogP contribution in [-0.4, -0.2) is 33.6 Å². The Morgan fingerprint density at radius 3 is 2.33 bits per heavy atom. The zero-order valence-electron chi connectivity index (χ0n) is 11.6. The lowest BCUT2D eigenvalue weighted by molar-refractivity contribution is 0.473. The van der Waals surface area contributed by atoms with E-state index in [9.17, 15) is 16.8 Å². The van der Waals surface area contributed by atoms with Gasteiger partial charge in [0.1, 0.15) is 9.84 Å². The predicted octanol–water partition coefficient (Wildman–Crippen LogP) is 2.05. The molecule has 0 spiro atoms. The zero-order valence-corrected chi connectivity index (χ0v) is 14.0. The lowest BCUT2D eigenvalue weighted by atomic mass is 10.00. The van der Waals surface area contributed by atoms with Crippen LogP contribution in [0.1, 0.15) is 25.7 Å². The average Bonchev–Trinajstić information content (AvgIpc) is 2.37. The van der Waals surface area contributed by atoms with Crippen molar-refractivity contribution in [2.75, 3.05) is 12.0 Å². The van der Waals surface area contributed by atoms with Crippen LogP contribution in [0, 0.1) is 0 Å². The summed E-state index contributed by atoms with van der Waals surface area (Å²) in [7, 11) is -6.89. The van der Waals surface area contributed by atoms with Gasteiger partial charge >= 0.3 is 0 Å². The zero-order chi connectivity index (χ0) is 15.8. The van der Waals surface area contributed by atoms with Crippen LogP contribution in [-0.2, 0) is 19.7 Å². The maximum atomic E-state index is 12.7. The molecule has 1 aliphatic carbocycles. The second-order valence-corrected chi connectivity index (χ2v) is 10.4. The summed E-state index contributed by atoms with van der Waals surface area (Å²) < 4.78 is 48.7. The molecule has 1 aromatic rings. The van der Waals surface area contributed by atoms with Crippen molar-refractivity contribution < 1.29 is 16.8 Å². The summed E-state index contributed by atoms with van der Waals surface area (Å²) in [4.78, 5) is 0.0334. The highest BCUT2D eigenvalue weighted by molar-refractivity contribution is 7.92. The van der Waals surface area contributed by atoms with Crippen LogP contribution < -0.4 is 5.73 Å². The van der Waals surface area contributed by atoms with Gasteiger partial charge in [0.25, 0.3) is 0 Å². The number of hydrogen-bond donors (Lipinski definition) is 1. The van der Waals surface area contributed by atoms with E-state index < -0.39 is 30.2 Å². The van der Waals surface area contributed by atoms with Crippen LogP contribution in [0.5, 0.6) is 0 Å². The van der Waals surface area contributed by atoms with Gasteiger partial charge in [0, 0.05) is 11.3 Å². The molecule has 8 heteroatoms. The molecule has 0 radical (unpaired) electrons. The van der Waals surface area contributed by atoms with Crippen molar-refractivity contribution in [3.63, 3.8) is 0 Å². The first kappa shape index (κ1) is 16.6. The van der Waals surface area contributed by atoms with Gasteiger partial charge in [0.2, 0.25) is 0 Å². The number of rotatable bonds is 3. The Bertz CT molecular complexity index is 743. The normalized spacial score (nSPS) is 23.9. The quantitative estimate of drug-likeness (QED) is 0.841. The molecule has 0 heterocycles. The van der Waals surface area contributed by atoms with Gasteiger partial charge in [-0.05, 0) is 37.5 Å². The van der Waals surface area contributed by atoms with Gasteiger partial charge in [0.15, 0.2) is 9.84 Å². The molecule has 2 N–H and O–H groups in total. The molecule has 1 fully saturated rings. The standard InChI is InChI=1S/C13H18ClNO4S2/c1-20(16,17)10-3-2-4-11(8-10)21(18,19)13-6-5-9(14)7-12(13)15/h5-7,10-11H,2-4,8,15H2,1H3. The summed E-state index contributed by atoms with van der Waals surface area (Å²) in [5, 5.41) is -0.946. The number of benzene rings is 1. The van der Waals surface area contributed by atoms with Crippen molar-refractivity contribution >= 4 is 37.0 Å². The van der Waals surface area contributed by atoms with E-state index in [0.29, 0.717) is 24.3 Å². The lowest BCUT2D eigenvalue weighted by Crippen LogP contribution is -2.35. The summed E-state index contributed by atoms with van der Waals surface area (Å²) in [5.41, 5.74) is 5.85. The number of anilines is 1. The van der Waals surface area contributed by atoms with Crippen LogP contribution in [0.15, 0.2) is 23.1 Å². The first-order chi connectivity index (χ1) is 9.62. The molecule has 0 aromatic heterocycles. The van der Waals surface area contributed by atoms with Gasteiger partial charge < -0.3 is 5.73 Å². The van der Waals surface area contributed by atoms with E-state index in [1.165, 1.54) is 18.2 Å². The van der Waals surface area contributed by atoms with E-state index in [4.69, 9.17) is 17.3 Å². The molecule has 0 saturated heterocycles. The second-order valence-electron chi connectivity index (χ2n) is 5.47. The Morgan fingerprint density at radius 1 is 1.14 bits per heavy atom. The second kappa shape index (κ2) is 5.78. The molecule has 21 heavy (non-hydrogen) atoms. The third-order valence-electron chi connectivity index (χ3n) is 3.90. The smallest absolute Gasteiger partial charge is 0.183 e. The van der Waals surface area contributed by atoms with E-state index in [1.54, 1.807) is 0 Å². The van der Waals surface area contributed by atoms with E-state index in [1.807, 2.05) is 0 Å². The number of hydrogen-bond acceptors (Lipinski definition) is 5. The van der Waals surface area contributed by atoms with Crippen molar-refractivity contribution in [1.82, 2.24) is 0 Å². The molecule has 2 rings (SSSR count). The minimum Gasteiger partial charge on any atom is -0.398 e. The highest BCUT2D eigenvalue weighted by atomic mass is 35.5. The number of halogens is 1. The molecule has 5 nitrogen and oxygen atoms in total. The molecule has 1 saturated carbocycles. The van der Waals surface area contributed by atoms with Crippen LogP contribution >= 0.6 is 11.6 Å². The first-order valence-corrected chi connectivity index (χ1v) is 10.5. The van der Waals surface area contributed by atoms with Crippen molar-refractivity contribution in [2.45, 2.75) is 41.1 Å². The fourth-order valence-electron chi connectivity index (χ4n) is 2.73. The first-order valence-electron chi connectivity index (χ1n) is 6.60. The summed E-state index contributed by atoms with van der Waals surface area (Å²) in [6.07, 6.45) is 2.83. The maximum Gasteiger partial charge on any atom is 0.183 e. The van der Waals surface area contributed by atoms with Crippen LogP contribution in [0.4, 0.5) is 5.69 Å². The molecule has 0 aliphatic heterocycles. The van der Waals surface area contributed by atoms with Crippen LogP contribution in [0.3, 0.4) is 0 Å². The monoisotopic (exact) mass is 351 g/mol. The third kappa shape index (κ3) is 3.52. The fourth-order valence-corrected chi connectivity index (χ4v) is 6.18. The Morgan fingerprint density at radius 2 is 1.76 bits per heavy atom. The van der Waals surface area contributed by atoms with Crippen LogP contribution in [0.2, 0.25) is 5.02 Å². The summed E-state index contributed by atoms with van der Waals surface area (Å²) in [6, 6.07) is 4.25. The highest BCUT2D eigenvalue weighted by Gasteiger charge is 2.37. The van der Waals surface area contributed by atoms with Crippen molar-refractivity contribution in [3.8, 4) is 0 Å². The van der Waals surface area contributed by atoms with Gasteiger partial charge in [0.05, 0.1) is 21.1 Å². The number of nitrogens with two attached hydrogens (primary N) is 1. The Balaban J connectivity index is 2.35. The van der Waals surface area contributed by atoms with Crippen molar-refractivity contribution in [2.24, 2.45) is 0 Å². The number of nitrogen functional groups attached to an aromatic ring is 1. The molecule has 2 unspecified atom stereocenters. The van der Waals surface area contributed by atoms with Gasteiger partial charge in [-0.3, -0.25) is 0 Å². The average molecular weight is 352 g/mol. The Hall–Kier alpha value is -0.790. The van der Waals surface area contributed by atoms with Crippen LogP contribution in [0.25, 0.3) is 0 Å². The SMILES string of the molecule is CS(=O)(=O)C1CCCC(S(=O)(=O)c2ccc(Cl)cc2N)C1. The van der Waals surface area contributed by atoms with E-state index >= 15 is 0 Å². The van der Waals surface area contributed by atoms with Gasteiger partial charge in [-0.2, -0.15) is 0 Å². The molecule has 1 aromatic carbocycles. The van der Waals surface area contributed by atoms with Gasteiger partial charge in [-0.25, -0.2) is 16.8 Å². The van der Waals surface area contributed by atoms with Crippen molar-refractivity contribution in [1.29, 1.82) is 0 Å². The van der Waals surface area contributed by atoms with E-state index in [2.05, 4.69) is 0 Å². The molecular formula is C13H18ClNO4S2. The molecule has 118 valence electrons. The van der Waals surface area contributed by atoms with E-state index in [0.717, 1.165) is 6.26 Å². The minimum absolute atomic E-state index is 0.0334. The maximum absolute atomic E-state index is 12.7. The predicted molar refractivity (Wildman–Crippen MR) is 83.9 cm³/mol. The fraction of sp³-hybridized carbons (Fsp3) is 0.538. The topological polar surface area (TPSA) is 94.3 Å². The third-order valence-corrected chi connectivity index (χ3v) is 8.07. The lowest BCUT2D eigenvalue weighted by Gasteiger charge is -2.28. The molecule has 0 amide bonds. The largest absolute Gasteiger partial charge is 0.398 e. The summed E-state index contributed by atoms with van der Waals surface area (Å²) in [6.45, 7) is 0. The van der Waals surface area contributed by atoms with Gasteiger partial charge in [-0.1, -0.05) is 18.0 Å². The molecule has 0 bridgehead atoms. The molecule has 2 atom stereocenters. The number of sulfone groups is 2. The summed E-state index contributed by atoms with van der Waals surface area (Å²) >= 11 is 5.78. The van der Waals surface area contributed by atoms with Crippen molar-refractivity contribution in [3.05, 3.63) is 23.2 Å². The highest BCUT2D eigenvalue weighted by Crippen LogP contribution is 2.34. The van der Waals surface area contributed by atoms with Gasteiger partial charge in [-0.15, -0.1) is 0 Å². The summed E-state index contributed by atoms with van der Waals surface area (Å²) in [5.74, 6) is 0. The molecular weight excluding hydrogens is 334 g/mol. The Labute approximate surface area is 130 Å².